The SMILES string of the molecule is COc1ccccc1OCCc1cc(C2CCN(C(=O)Cn3nc(C)cc3C)C2)n[nH]1. The molecule has 31 heavy (non-hydrogen) atoms. The number of hydrogen-bond donors (Lipinski definition) is 1. The monoisotopic (exact) mass is 423 g/mol. The first kappa shape index (κ1) is 21.0. The molecule has 8 nitrogen and oxygen atoms in total. The van der Waals surface area contributed by atoms with Crippen molar-refractivity contribution in [2.45, 2.75) is 39.2 Å². The van der Waals surface area contributed by atoms with Crippen molar-refractivity contribution in [3.63, 3.8) is 0 Å². The molecule has 0 saturated carbocycles. The second kappa shape index (κ2) is 9.24. The lowest BCUT2D eigenvalue weighted by atomic mass is 10.0. The van der Waals surface area contributed by atoms with Gasteiger partial charge in [0.25, 0.3) is 0 Å². The van der Waals surface area contributed by atoms with Crippen LogP contribution in [0.25, 0.3) is 0 Å². The summed E-state index contributed by atoms with van der Waals surface area (Å²) in [6, 6.07) is 11.7. The molecule has 3 aromatic rings. The molecule has 8 heteroatoms. The minimum absolute atomic E-state index is 0.106. The van der Waals surface area contributed by atoms with Gasteiger partial charge in [0.05, 0.1) is 25.1 Å². The Morgan fingerprint density at radius 2 is 2.03 bits per heavy atom. The minimum Gasteiger partial charge on any atom is -0.493 e. The van der Waals surface area contributed by atoms with Crippen LogP contribution in [0.1, 0.15) is 35.1 Å². The molecule has 0 aliphatic carbocycles. The molecule has 0 radical (unpaired) electrons. The second-order valence-electron chi connectivity index (χ2n) is 7.98. The van der Waals surface area contributed by atoms with Gasteiger partial charge in [-0.15, -0.1) is 0 Å². The first-order valence-corrected chi connectivity index (χ1v) is 10.6. The van der Waals surface area contributed by atoms with Crippen molar-refractivity contribution in [3.05, 3.63) is 59.2 Å². The molecular weight excluding hydrogens is 394 g/mol. The smallest absolute Gasteiger partial charge is 0.244 e. The number of rotatable bonds is 8. The third-order valence-corrected chi connectivity index (χ3v) is 5.70. The van der Waals surface area contributed by atoms with Crippen LogP contribution in [0.15, 0.2) is 36.4 Å². The van der Waals surface area contributed by atoms with Gasteiger partial charge in [-0.2, -0.15) is 10.2 Å². The van der Waals surface area contributed by atoms with Crippen molar-refractivity contribution in [2.75, 3.05) is 26.8 Å². The van der Waals surface area contributed by atoms with Crippen LogP contribution in [0.3, 0.4) is 0 Å². The van der Waals surface area contributed by atoms with E-state index in [0.29, 0.717) is 19.7 Å². The Kier molecular flexibility index (Phi) is 6.25. The number of ether oxygens (including phenoxy) is 2. The first-order chi connectivity index (χ1) is 15.0. The number of aromatic amines is 1. The molecule has 1 saturated heterocycles. The van der Waals surface area contributed by atoms with E-state index in [-0.39, 0.29) is 11.8 Å². The predicted molar refractivity (Wildman–Crippen MR) is 116 cm³/mol. The third kappa shape index (κ3) is 4.90. The molecule has 2 aromatic heterocycles. The highest BCUT2D eigenvalue weighted by Gasteiger charge is 2.29. The standard InChI is InChI=1S/C23H29N5O3/c1-16-12-17(2)28(26-16)15-23(29)27-10-8-18(14-27)20-13-19(24-25-20)9-11-31-22-7-5-4-6-21(22)30-3/h4-7,12-13,18H,8-11,14-15H2,1-3H3,(H,24,25). The van der Waals surface area contributed by atoms with Crippen molar-refractivity contribution in [3.8, 4) is 11.5 Å². The van der Waals surface area contributed by atoms with Gasteiger partial charge >= 0.3 is 0 Å². The molecule has 1 aromatic carbocycles. The highest BCUT2D eigenvalue weighted by molar-refractivity contribution is 5.76. The molecule has 1 unspecified atom stereocenters. The number of likely N-dealkylation sites (tertiary alicyclic amines) is 1. The molecule has 4 rings (SSSR count). The van der Waals surface area contributed by atoms with Gasteiger partial charge in [-0.05, 0) is 44.5 Å². The van der Waals surface area contributed by atoms with Gasteiger partial charge < -0.3 is 14.4 Å². The van der Waals surface area contributed by atoms with Crippen LogP contribution in [0.4, 0.5) is 0 Å². The van der Waals surface area contributed by atoms with Crippen molar-refractivity contribution in [2.24, 2.45) is 0 Å². The van der Waals surface area contributed by atoms with Gasteiger partial charge in [0.15, 0.2) is 11.5 Å². The van der Waals surface area contributed by atoms with E-state index in [0.717, 1.165) is 53.7 Å². The van der Waals surface area contributed by atoms with E-state index in [2.05, 4.69) is 21.4 Å². The summed E-state index contributed by atoms with van der Waals surface area (Å²) < 4.78 is 12.9. The first-order valence-electron chi connectivity index (χ1n) is 10.6. The number of aryl methyl sites for hydroxylation is 2. The Morgan fingerprint density at radius 3 is 2.77 bits per heavy atom. The van der Waals surface area contributed by atoms with Gasteiger partial charge in [0.2, 0.25) is 5.91 Å². The maximum absolute atomic E-state index is 12.7. The number of para-hydroxylation sites is 2. The maximum Gasteiger partial charge on any atom is 0.244 e. The van der Waals surface area contributed by atoms with E-state index >= 15 is 0 Å². The predicted octanol–water partition coefficient (Wildman–Crippen LogP) is 2.87. The van der Waals surface area contributed by atoms with E-state index in [9.17, 15) is 4.79 Å². The summed E-state index contributed by atoms with van der Waals surface area (Å²) >= 11 is 0. The number of carbonyl (C=O) groups excluding carboxylic acids is 1. The van der Waals surface area contributed by atoms with Crippen LogP contribution in [-0.4, -0.2) is 57.6 Å². The van der Waals surface area contributed by atoms with Gasteiger partial charge in [-0.3, -0.25) is 14.6 Å². The summed E-state index contributed by atoms with van der Waals surface area (Å²) in [5.41, 5.74) is 3.98. The van der Waals surface area contributed by atoms with Crippen LogP contribution < -0.4 is 9.47 Å². The molecule has 1 aliphatic heterocycles. The van der Waals surface area contributed by atoms with Crippen LogP contribution in [0.2, 0.25) is 0 Å². The van der Waals surface area contributed by atoms with Crippen LogP contribution in [-0.2, 0) is 17.8 Å². The number of amides is 1. The average Bonchev–Trinajstić information content (AvgIpc) is 3.49. The molecule has 3 heterocycles. The van der Waals surface area contributed by atoms with Gasteiger partial charge in [-0.25, -0.2) is 0 Å². The van der Waals surface area contributed by atoms with E-state index in [1.54, 1.807) is 11.8 Å². The lowest BCUT2D eigenvalue weighted by Gasteiger charge is -2.16. The molecule has 0 bridgehead atoms. The van der Waals surface area contributed by atoms with E-state index < -0.39 is 0 Å². The summed E-state index contributed by atoms with van der Waals surface area (Å²) in [6.07, 6.45) is 1.64. The number of H-pyrrole nitrogens is 1. The number of nitrogens with zero attached hydrogens (tertiary/aromatic N) is 4. The third-order valence-electron chi connectivity index (χ3n) is 5.70. The molecule has 1 N–H and O–H groups in total. The number of methoxy groups -OCH3 is 1. The topological polar surface area (TPSA) is 85.3 Å². The summed E-state index contributed by atoms with van der Waals surface area (Å²) in [7, 11) is 1.64. The Balaban J connectivity index is 1.28. The lowest BCUT2D eigenvalue weighted by molar-refractivity contribution is -0.131. The van der Waals surface area contributed by atoms with Crippen molar-refractivity contribution >= 4 is 5.91 Å². The highest BCUT2D eigenvalue weighted by atomic mass is 16.5. The van der Waals surface area contributed by atoms with E-state index in [1.807, 2.05) is 49.1 Å². The van der Waals surface area contributed by atoms with E-state index in [4.69, 9.17) is 9.47 Å². The van der Waals surface area contributed by atoms with Crippen LogP contribution in [0.5, 0.6) is 11.5 Å². The van der Waals surface area contributed by atoms with Gasteiger partial charge in [0.1, 0.15) is 6.54 Å². The Bertz CT molecular complexity index is 1040. The number of aromatic nitrogens is 4. The Morgan fingerprint density at radius 1 is 1.23 bits per heavy atom. The van der Waals surface area contributed by atoms with Crippen molar-refractivity contribution in [1.82, 2.24) is 24.9 Å². The number of nitrogens with one attached hydrogen (secondary N) is 1. The fourth-order valence-corrected chi connectivity index (χ4v) is 4.02. The lowest BCUT2D eigenvalue weighted by Crippen LogP contribution is -2.32. The van der Waals surface area contributed by atoms with Crippen LogP contribution in [0, 0.1) is 13.8 Å². The fourth-order valence-electron chi connectivity index (χ4n) is 4.02. The second-order valence-corrected chi connectivity index (χ2v) is 7.98. The summed E-state index contributed by atoms with van der Waals surface area (Å²) in [4.78, 5) is 14.6. The normalized spacial score (nSPS) is 16.0. The highest BCUT2D eigenvalue weighted by Crippen LogP contribution is 2.28. The fraction of sp³-hybridized carbons (Fsp3) is 0.435. The van der Waals surface area contributed by atoms with Gasteiger partial charge in [-0.1, -0.05) is 12.1 Å². The zero-order valence-corrected chi connectivity index (χ0v) is 18.3. The molecule has 1 aliphatic rings. The Hall–Kier alpha value is -3.29. The molecule has 1 fully saturated rings. The molecule has 1 atom stereocenters. The number of benzene rings is 1. The zero-order valence-electron chi connectivity index (χ0n) is 18.3. The van der Waals surface area contributed by atoms with Crippen LogP contribution >= 0.6 is 0 Å². The Labute approximate surface area is 182 Å². The van der Waals surface area contributed by atoms with E-state index in [1.165, 1.54) is 0 Å². The molecule has 1 amide bonds. The van der Waals surface area contributed by atoms with Crippen molar-refractivity contribution < 1.29 is 14.3 Å². The summed E-state index contributed by atoms with van der Waals surface area (Å²) in [5, 5.41) is 12.0. The number of carbonyl (C=O) groups is 1. The quantitative estimate of drug-likeness (QED) is 0.602. The van der Waals surface area contributed by atoms with Crippen molar-refractivity contribution in [1.29, 1.82) is 0 Å². The molecular formula is C23H29N5O3. The molecule has 164 valence electrons. The van der Waals surface area contributed by atoms with Gasteiger partial charge in [0, 0.05) is 36.8 Å². The minimum atomic E-state index is 0.106. The molecule has 0 spiro atoms. The summed E-state index contributed by atoms with van der Waals surface area (Å²) in [6.45, 7) is 6.18. The zero-order chi connectivity index (χ0) is 21.8. The summed E-state index contributed by atoms with van der Waals surface area (Å²) in [5.74, 6) is 1.82. The largest absolute Gasteiger partial charge is 0.493 e. The maximum atomic E-state index is 12.7. The number of hydrogen-bond acceptors (Lipinski definition) is 5. The average molecular weight is 424 g/mol.